The molecule has 0 aliphatic heterocycles. The molecule has 0 atom stereocenters. The van der Waals surface area contributed by atoms with E-state index in [2.05, 4.69) is 0 Å². The summed E-state index contributed by atoms with van der Waals surface area (Å²) in [4.78, 5) is 39.8. The van der Waals surface area contributed by atoms with Crippen molar-refractivity contribution in [3.05, 3.63) is 47.5 Å². The molecule has 0 spiro atoms. The molecule has 0 aliphatic carbocycles. The molecule has 12 nitrogen and oxygen atoms in total. The van der Waals surface area contributed by atoms with Crippen molar-refractivity contribution in [3.63, 3.8) is 0 Å². The first-order chi connectivity index (χ1) is 14.3. The lowest BCUT2D eigenvalue weighted by atomic mass is 9.97. The lowest BCUT2D eigenvalue weighted by Gasteiger charge is -2.16. The Hall–Kier alpha value is -3.32. The summed E-state index contributed by atoms with van der Waals surface area (Å²) >= 11 is 0. The maximum absolute atomic E-state index is 10.3. The number of carboxylic acids is 4. The van der Waals surface area contributed by atoms with E-state index in [4.69, 9.17) is 40.9 Å². The van der Waals surface area contributed by atoms with Gasteiger partial charge < -0.3 is 40.9 Å². The fourth-order valence-electron chi connectivity index (χ4n) is 0.948. The zero-order valence-electron chi connectivity index (χ0n) is 17.0. The number of benzene rings is 1. The highest BCUT2D eigenvalue weighted by atomic mass is 16.4. The number of aliphatic hydroxyl groups is 4. The number of aliphatic carboxylic acids is 2. The van der Waals surface area contributed by atoms with Gasteiger partial charge in [0.15, 0.2) is 0 Å². The predicted octanol–water partition coefficient (Wildman–Crippen LogP) is -0.237. The van der Waals surface area contributed by atoms with E-state index in [0.717, 1.165) is 0 Å². The Kier molecular flexibility index (Phi) is 19.5. The van der Waals surface area contributed by atoms with E-state index >= 15 is 0 Å². The van der Waals surface area contributed by atoms with Crippen LogP contribution in [0.3, 0.4) is 0 Å². The van der Waals surface area contributed by atoms with Gasteiger partial charge in [0.25, 0.3) is 0 Å². The molecule has 1 aromatic carbocycles. The number of hydrogen-bond acceptors (Lipinski definition) is 8. The summed E-state index contributed by atoms with van der Waals surface area (Å²) in [7, 11) is 0. The summed E-state index contributed by atoms with van der Waals surface area (Å²) in [5, 5.41) is 64.7. The van der Waals surface area contributed by atoms with E-state index < -0.39 is 23.9 Å². The number of hydrogen-bond donors (Lipinski definition) is 8. The van der Waals surface area contributed by atoms with Crippen LogP contribution in [0.15, 0.2) is 36.4 Å². The molecular formula is C19H28O12. The van der Waals surface area contributed by atoms with Crippen LogP contribution in [0.2, 0.25) is 0 Å². The molecule has 0 fully saturated rings. The Morgan fingerprint density at radius 3 is 1.03 bits per heavy atom. The molecule has 0 unspecified atom stereocenters. The second-order valence-corrected chi connectivity index (χ2v) is 6.13. The van der Waals surface area contributed by atoms with Crippen molar-refractivity contribution in [2.75, 3.05) is 26.4 Å². The number of rotatable bonds is 7. The van der Waals surface area contributed by atoms with E-state index in [9.17, 15) is 19.2 Å². The van der Waals surface area contributed by atoms with Gasteiger partial charge in [0.2, 0.25) is 0 Å². The lowest BCUT2D eigenvalue weighted by Crippen LogP contribution is -2.20. The van der Waals surface area contributed by atoms with Gasteiger partial charge in [0.05, 0.1) is 37.6 Å². The van der Waals surface area contributed by atoms with Crippen LogP contribution >= 0.6 is 0 Å². The summed E-state index contributed by atoms with van der Waals surface area (Å²) < 4.78 is 0. The van der Waals surface area contributed by atoms with Crippen LogP contribution in [-0.2, 0) is 9.59 Å². The molecule has 176 valence electrons. The molecule has 0 aliphatic rings. The van der Waals surface area contributed by atoms with Gasteiger partial charge in [-0.3, -0.25) is 0 Å². The Balaban J connectivity index is -0.000000363. The molecule has 1 rings (SSSR count). The van der Waals surface area contributed by atoms with Crippen LogP contribution in [0.25, 0.3) is 0 Å². The van der Waals surface area contributed by atoms with Gasteiger partial charge in [-0.2, -0.15) is 0 Å². The maximum atomic E-state index is 10.3. The van der Waals surface area contributed by atoms with Gasteiger partial charge in [0.1, 0.15) is 0 Å². The number of carbonyl (C=O) groups is 4. The van der Waals surface area contributed by atoms with E-state index in [0.29, 0.717) is 12.2 Å². The molecule has 0 saturated carbocycles. The Bertz CT molecular complexity index is 635. The minimum atomic E-state index is -1.26. The average Bonchev–Trinajstić information content (AvgIpc) is 2.73. The van der Waals surface area contributed by atoms with Crippen LogP contribution in [0.5, 0.6) is 0 Å². The molecule has 0 amide bonds. The second kappa shape index (κ2) is 18.7. The molecule has 12 heteroatoms. The smallest absolute Gasteiger partial charge is 0.335 e. The number of aromatic carboxylic acids is 2. The topological polar surface area (TPSA) is 230 Å². The van der Waals surface area contributed by atoms with Crippen LogP contribution in [0.1, 0.15) is 34.6 Å². The quantitative estimate of drug-likeness (QED) is 0.253. The predicted molar refractivity (Wildman–Crippen MR) is 107 cm³/mol. The average molecular weight is 448 g/mol. The third kappa shape index (κ3) is 22.8. The summed E-state index contributed by atoms with van der Waals surface area (Å²) in [5.74, 6) is -4.64. The molecule has 0 radical (unpaired) electrons. The highest BCUT2D eigenvalue weighted by Crippen LogP contribution is 2.10. The number of aliphatic hydroxyl groups excluding tert-OH is 4. The standard InChI is InChI=1S/C8H6O4.C5H12O2.C4H4O4.C2H6O2/c9-7(10)5-1-2-6(4-3-5)8(11)12;1-5(2,3-6)4-7;5-3(6)1-2-4(7)8;3-1-2-4/h1-4H,(H,9,10)(H,11,12);6-7H,3-4H2,1-2H3;1-2H,(H,5,6)(H,7,8);3-4H,1-2H2/b;;2-1+;. The van der Waals surface area contributed by atoms with Crippen molar-refractivity contribution >= 4 is 23.9 Å². The van der Waals surface area contributed by atoms with Crippen molar-refractivity contribution in [3.8, 4) is 0 Å². The molecule has 31 heavy (non-hydrogen) atoms. The molecular weight excluding hydrogens is 420 g/mol. The first kappa shape index (κ1) is 32.3. The van der Waals surface area contributed by atoms with Crippen molar-refractivity contribution in [2.45, 2.75) is 13.8 Å². The third-order valence-electron chi connectivity index (χ3n) is 2.70. The Morgan fingerprint density at radius 1 is 0.677 bits per heavy atom. The maximum Gasteiger partial charge on any atom is 0.335 e. The highest BCUT2D eigenvalue weighted by molar-refractivity contribution is 5.91. The molecule has 1 aromatic rings. The van der Waals surface area contributed by atoms with Crippen molar-refractivity contribution in [2.24, 2.45) is 5.41 Å². The van der Waals surface area contributed by atoms with Crippen LogP contribution in [0.4, 0.5) is 0 Å². The zero-order valence-corrected chi connectivity index (χ0v) is 17.0. The monoisotopic (exact) mass is 448 g/mol. The van der Waals surface area contributed by atoms with Crippen molar-refractivity contribution in [1.29, 1.82) is 0 Å². The SMILES string of the molecule is CC(C)(CO)CO.O=C(O)/C=C/C(=O)O.O=C(O)c1ccc(C(=O)O)cc1.OCCO. The summed E-state index contributed by atoms with van der Waals surface area (Å²) in [5.41, 5.74) is -0.139. The molecule has 0 saturated heterocycles. The van der Waals surface area contributed by atoms with Gasteiger partial charge in [0, 0.05) is 17.6 Å². The minimum Gasteiger partial charge on any atom is -0.478 e. The van der Waals surface area contributed by atoms with Gasteiger partial charge in [-0.1, -0.05) is 13.8 Å². The van der Waals surface area contributed by atoms with Gasteiger partial charge in [-0.05, 0) is 24.3 Å². The summed E-state index contributed by atoms with van der Waals surface area (Å²) in [6, 6.07) is 5.02. The minimum absolute atomic E-state index is 0.0451. The zero-order chi connectivity index (χ0) is 25.0. The Morgan fingerprint density at radius 2 is 0.935 bits per heavy atom. The first-order valence-electron chi connectivity index (χ1n) is 8.41. The second-order valence-electron chi connectivity index (χ2n) is 6.13. The molecule has 8 N–H and O–H groups in total. The third-order valence-corrected chi connectivity index (χ3v) is 2.70. The fraction of sp³-hybridized carbons (Fsp3) is 0.368. The van der Waals surface area contributed by atoms with Gasteiger partial charge in [-0.25, -0.2) is 19.2 Å². The van der Waals surface area contributed by atoms with Crippen LogP contribution < -0.4 is 0 Å². The highest BCUT2D eigenvalue weighted by Gasteiger charge is 2.13. The molecule has 0 bridgehead atoms. The van der Waals surface area contributed by atoms with E-state index in [1.165, 1.54) is 24.3 Å². The van der Waals surface area contributed by atoms with Gasteiger partial charge in [-0.15, -0.1) is 0 Å². The summed E-state index contributed by atoms with van der Waals surface area (Å²) in [6.07, 6.45) is 1.12. The summed E-state index contributed by atoms with van der Waals surface area (Å²) in [6.45, 7) is 3.44. The number of carboxylic acid groups (broad SMARTS) is 4. The van der Waals surface area contributed by atoms with E-state index in [1.807, 2.05) is 0 Å². The largest absolute Gasteiger partial charge is 0.478 e. The lowest BCUT2D eigenvalue weighted by molar-refractivity contribution is -0.134. The van der Waals surface area contributed by atoms with Crippen molar-refractivity contribution < 1.29 is 60.0 Å². The normalized spacial score (nSPS) is 9.74. The first-order valence-corrected chi connectivity index (χ1v) is 8.41. The van der Waals surface area contributed by atoms with Gasteiger partial charge >= 0.3 is 23.9 Å². The van der Waals surface area contributed by atoms with Crippen LogP contribution in [0, 0.1) is 5.41 Å². The molecule has 0 aromatic heterocycles. The molecule has 0 heterocycles. The van der Waals surface area contributed by atoms with E-state index in [1.54, 1.807) is 13.8 Å². The fourth-order valence-corrected chi connectivity index (χ4v) is 0.948. The Labute approximate surface area is 178 Å². The van der Waals surface area contributed by atoms with Crippen LogP contribution in [-0.4, -0.2) is 91.2 Å². The van der Waals surface area contributed by atoms with E-state index in [-0.39, 0.29) is 43.0 Å². The van der Waals surface area contributed by atoms with Crippen molar-refractivity contribution in [1.82, 2.24) is 0 Å².